The minimum absolute atomic E-state index is 0. The van der Waals surface area contributed by atoms with Crippen LogP contribution in [0.5, 0.6) is 0 Å². The van der Waals surface area contributed by atoms with Crippen LogP contribution < -0.4 is 0 Å². The molecule has 0 rings (SSSR count). The van der Waals surface area contributed by atoms with Crippen molar-refractivity contribution in [3.05, 3.63) is 6.92 Å². The van der Waals surface area contributed by atoms with E-state index in [0.29, 0.717) is 0 Å². The van der Waals surface area contributed by atoms with Gasteiger partial charge < -0.3 is 6.92 Å². The summed E-state index contributed by atoms with van der Waals surface area (Å²) in [6.45, 7) is 6.10. The molecule has 12 heavy (non-hydrogen) atoms. The maximum absolute atomic E-state index is 3.83. The van der Waals surface area contributed by atoms with E-state index >= 15 is 0 Å². The number of hydrogen-bond acceptors (Lipinski definition) is 0. The summed E-state index contributed by atoms with van der Waals surface area (Å²) in [5, 5.41) is 0. The number of unbranched alkanes of at least 4 members (excludes halogenated alkanes) is 8. The molecule has 0 spiro atoms. The van der Waals surface area contributed by atoms with E-state index in [2.05, 4.69) is 13.8 Å². The maximum Gasteiger partial charge on any atom is 0 e. The van der Waals surface area contributed by atoms with Crippen molar-refractivity contribution in [2.45, 2.75) is 64.7 Å². The van der Waals surface area contributed by atoms with Crippen LogP contribution in [-0.2, 0) is 32.7 Å². The molecule has 0 bridgehead atoms. The van der Waals surface area contributed by atoms with Crippen molar-refractivity contribution in [3.8, 4) is 0 Å². The summed E-state index contributed by atoms with van der Waals surface area (Å²) >= 11 is 0. The third-order valence-corrected chi connectivity index (χ3v) is 2.10. The molecule has 71 valence electrons. The van der Waals surface area contributed by atoms with E-state index in [0.717, 1.165) is 6.42 Å². The fraction of sp³-hybridized carbons (Fsp3) is 0.909. The molecule has 0 aliphatic rings. The maximum atomic E-state index is 3.83. The van der Waals surface area contributed by atoms with Crippen LogP contribution in [-0.4, -0.2) is 0 Å². The van der Waals surface area contributed by atoms with Crippen molar-refractivity contribution in [2.75, 3.05) is 0 Å². The van der Waals surface area contributed by atoms with Gasteiger partial charge in [0, 0.05) is 32.7 Å². The molecule has 0 amide bonds. The molecule has 1 radical (unpaired) electrons. The zero-order valence-electron chi connectivity index (χ0n) is 8.65. The van der Waals surface area contributed by atoms with Crippen molar-refractivity contribution in [1.82, 2.24) is 0 Å². The van der Waals surface area contributed by atoms with Crippen molar-refractivity contribution in [2.24, 2.45) is 0 Å². The second-order valence-electron chi connectivity index (χ2n) is 3.33. The largest absolute Gasteiger partial charge is 0.343 e. The van der Waals surface area contributed by atoms with Crippen molar-refractivity contribution < 1.29 is 32.7 Å². The first kappa shape index (κ1) is 15.6. The van der Waals surface area contributed by atoms with Crippen LogP contribution in [0.15, 0.2) is 0 Å². The predicted molar refractivity (Wildman–Crippen MR) is 52.6 cm³/mol. The molecule has 0 aromatic rings. The van der Waals surface area contributed by atoms with Crippen LogP contribution in [0.25, 0.3) is 0 Å². The normalized spacial score (nSPS) is 9.50. The van der Waals surface area contributed by atoms with E-state index < -0.39 is 0 Å². The molecule has 1 heteroatoms. The minimum atomic E-state index is 0. The van der Waals surface area contributed by atoms with Crippen LogP contribution in [0.1, 0.15) is 64.7 Å². The van der Waals surface area contributed by atoms with Crippen LogP contribution in [0.2, 0.25) is 0 Å². The van der Waals surface area contributed by atoms with Gasteiger partial charge in [-0.15, -0.1) is 0 Å². The molecule has 0 aromatic carbocycles. The fourth-order valence-corrected chi connectivity index (χ4v) is 1.31. The standard InChI is InChI=1S/C11H23.Y/c1-3-5-7-9-11-10-8-6-4-2;/h1,3-11H2,2H3;/q-1;. The van der Waals surface area contributed by atoms with Gasteiger partial charge in [-0.1, -0.05) is 58.3 Å². The van der Waals surface area contributed by atoms with Crippen molar-refractivity contribution in [3.63, 3.8) is 0 Å². The summed E-state index contributed by atoms with van der Waals surface area (Å²) in [5.41, 5.74) is 0. The molecule has 0 aromatic heterocycles. The van der Waals surface area contributed by atoms with Crippen LogP contribution in [0.4, 0.5) is 0 Å². The molecule has 0 atom stereocenters. The summed E-state index contributed by atoms with van der Waals surface area (Å²) in [6, 6.07) is 0. The van der Waals surface area contributed by atoms with E-state index in [4.69, 9.17) is 0 Å². The molecule has 0 heterocycles. The first-order chi connectivity index (χ1) is 5.41. The van der Waals surface area contributed by atoms with Gasteiger partial charge in [0.15, 0.2) is 0 Å². The molecule has 0 saturated carbocycles. The van der Waals surface area contributed by atoms with Gasteiger partial charge in [0.2, 0.25) is 0 Å². The van der Waals surface area contributed by atoms with Gasteiger partial charge in [-0.05, 0) is 0 Å². The number of hydrogen-bond donors (Lipinski definition) is 0. The molecule has 0 aliphatic carbocycles. The Morgan fingerprint density at radius 3 is 1.58 bits per heavy atom. The van der Waals surface area contributed by atoms with Gasteiger partial charge in [-0.2, -0.15) is 6.42 Å². The van der Waals surface area contributed by atoms with E-state index in [1.807, 2.05) is 0 Å². The Morgan fingerprint density at radius 2 is 1.17 bits per heavy atom. The Hall–Kier alpha value is 1.10. The second-order valence-corrected chi connectivity index (χ2v) is 3.33. The van der Waals surface area contributed by atoms with E-state index in [-0.39, 0.29) is 32.7 Å². The average Bonchev–Trinajstić information content (AvgIpc) is 2.03. The zero-order valence-corrected chi connectivity index (χ0v) is 11.5. The Morgan fingerprint density at radius 1 is 0.750 bits per heavy atom. The Balaban J connectivity index is 0. The zero-order chi connectivity index (χ0) is 8.36. The van der Waals surface area contributed by atoms with Crippen LogP contribution in [0, 0.1) is 6.92 Å². The van der Waals surface area contributed by atoms with E-state index in [1.54, 1.807) is 0 Å². The molecular weight excluding hydrogens is 221 g/mol. The predicted octanol–water partition coefficient (Wildman–Crippen LogP) is 4.35. The third kappa shape index (κ3) is 13.7. The summed E-state index contributed by atoms with van der Waals surface area (Å²) in [6.07, 6.45) is 12.4. The van der Waals surface area contributed by atoms with E-state index in [9.17, 15) is 0 Å². The summed E-state index contributed by atoms with van der Waals surface area (Å²) < 4.78 is 0. The minimum Gasteiger partial charge on any atom is -0.343 e. The van der Waals surface area contributed by atoms with Gasteiger partial charge in [0.05, 0.1) is 0 Å². The molecule has 0 fully saturated rings. The van der Waals surface area contributed by atoms with Crippen LogP contribution in [0.3, 0.4) is 0 Å². The monoisotopic (exact) mass is 244 g/mol. The average molecular weight is 244 g/mol. The Bertz CT molecular complexity index is 54.0. The first-order valence-corrected chi connectivity index (χ1v) is 5.21. The van der Waals surface area contributed by atoms with Crippen molar-refractivity contribution >= 4 is 0 Å². The van der Waals surface area contributed by atoms with Gasteiger partial charge in [0.1, 0.15) is 0 Å². The molecule has 0 saturated heterocycles. The van der Waals surface area contributed by atoms with E-state index in [1.165, 1.54) is 51.4 Å². The Kier molecular flexibility index (Phi) is 19.0. The third-order valence-electron chi connectivity index (χ3n) is 2.10. The molecule has 0 unspecified atom stereocenters. The molecule has 0 nitrogen and oxygen atoms in total. The van der Waals surface area contributed by atoms with Gasteiger partial charge in [-0.3, -0.25) is 0 Å². The smallest absolute Gasteiger partial charge is 0 e. The van der Waals surface area contributed by atoms with Gasteiger partial charge >= 0.3 is 0 Å². The topological polar surface area (TPSA) is 0 Å². The number of rotatable bonds is 8. The fourth-order valence-electron chi connectivity index (χ4n) is 1.31. The summed E-state index contributed by atoms with van der Waals surface area (Å²) in [5.74, 6) is 0. The first-order valence-electron chi connectivity index (χ1n) is 5.21. The quantitative estimate of drug-likeness (QED) is 0.440. The molecular formula is C11H23Y-. The van der Waals surface area contributed by atoms with Crippen LogP contribution >= 0.6 is 0 Å². The summed E-state index contributed by atoms with van der Waals surface area (Å²) in [4.78, 5) is 0. The Labute approximate surface area is 104 Å². The van der Waals surface area contributed by atoms with Gasteiger partial charge in [-0.25, -0.2) is 0 Å². The second kappa shape index (κ2) is 14.6. The molecule has 0 aliphatic heterocycles. The van der Waals surface area contributed by atoms with Gasteiger partial charge in [0.25, 0.3) is 0 Å². The summed E-state index contributed by atoms with van der Waals surface area (Å²) in [7, 11) is 0. The van der Waals surface area contributed by atoms with Crippen molar-refractivity contribution in [1.29, 1.82) is 0 Å². The SMILES string of the molecule is [CH2-]CCCCCCCCCC.[Y]. The molecule has 0 N–H and O–H groups in total.